The Bertz CT molecular complexity index is 128. The van der Waals surface area contributed by atoms with Gasteiger partial charge in [0.2, 0.25) is 0 Å². The van der Waals surface area contributed by atoms with Crippen LogP contribution in [-0.2, 0) is 4.74 Å². The second kappa shape index (κ2) is 12.4. The molecule has 0 heterocycles. The number of unbranched alkanes of at least 4 members (excludes halogenated alkanes) is 2. The van der Waals surface area contributed by atoms with Crippen LogP contribution >= 0.6 is 0 Å². The minimum Gasteiger partial charge on any atom is -0.381 e. The maximum Gasteiger partial charge on any atom is 0.0466 e. The lowest BCUT2D eigenvalue weighted by molar-refractivity contribution is 0.124. The molecule has 0 spiro atoms. The molecule has 0 aromatic carbocycles. The topological polar surface area (TPSA) is 9.23 Å². The Balaban J connectivity index is 3.04. The molecule has 2 atom stereocenters. The molecule has 17 heavy (non-hydrogen) atoms. The Labute approximate surface area is 109 Å². The molecule has 0 aromatic heterocycles. The quantitative estimate of drug-likeness (QED) is 0.414. The summed E-state index contributed by atoms with van der Waals surface area (Å²) in [4.78, 5) is 0. The van der Waals surface area contributed by atoms with E-state index in [4.69, 9.17) is 4.74 Å². The molecule has 0 bridgehead atoms. The van der Waals surface area contributed by atoms with Gasteiger partial charge in [-0.15, -0.1) is 0 Å². The van der Waals surface area contributed by atoms with Crippen molar-refractivity contribution in [1.82, 2.24) is 0 Å². The molecular weight excluding hydrogens is 208 g/mol. The monoisotopic (exact) mass is 242 g/mol. The van der Waals surface area contributed by atoms with Gasteiger partial charge in [-0.25, -0.2) is 0 Å². The van der Waals surface area contributed by atoms with E-state index in [9.17, 15) is 0 Å². The van der Waals surface area contributed by atoms with E-state index in [-0.39, 0.29) is 0 Å². The highest BCUT2D eigenvalue weighted by Crippen LogP contribution is 2.12. The molecule has 0 aliphatic carbocycles. The second-order valence-corrected chi connectivity index (χ2v) is 5.63. The molecule has 0 N–H and O–H groups in total. The molecule has 0 aromatic rings. The molecule has 0 saturated heterocycles. The summed E-state index contributed by atoms with van der Waals surface area (Å²) in [6.45, 7) is 11.2. The average molecular weight is 242 g/mol. The number of hydrogen-bond donors (Lipinski definition) is 0. The zero-order chi connectivity index (χ0) is 12.9. The van der Waals surface area contributed by atoms with Crippen LogP contribution in [-0.4, -0.2) is 13.2 Å². The maximum absolute atomic E-state index is 5.66. The highest BCUT2D eigenvalue weighted by atomic mass is 16.5. The standard InChI is InChI=1S/C16H34O/c1-5-15(3)11-7-9-13-17-14-10-8-12-16(4)6-2/h15-16H,5-14H2,1-4H3. The molecular formula is C16H34O. The van der Waals surface area contributed by atoms with Gasteiger partial charge in [-0.3, -0.25) is 0 Å². The summed E-state index contributed by atoms with van der Waals surface area (Å²) in [5, 5.41) is 0. The van der Waals surface area contributed by atoms with E-state index in [0.717, 1.165) is 25.0 Å². The van der Waals surface area contributed by atoms with Crippen molar-refractivity contribution in [3.05, 3.63) is 0 Å². The fourth-order valence-corrected chi connectivity index (χ4v) is 1.90. The van der Waals surface area contributed by atoms with Gasteiger partial charge in [-0.1, -0.05) is 66.2 Å². The summed E-state index contributed by atoms with van der Waals surface area (Å²) in [5.41, 5.74) is 0. The summed E-state index contributed by atoms with van der Waals surface area (Å²) in [6.07, 6.45) is 10.5. The minimum absolute atomic E-state index is 0.894. The fraction of sp³-hybridized carbons (Fsp3) is 1.00. The van der Waals surface area contributed by atoms with Crippen molar-refractivity contribution in [2.45, 2.75) is 79.1 Å². The number of rotatable bonds is 12. The number of hydrogen-bond acceptors (Lipinski definition) is 1. The Hall–Kier alpha value is -0.0400. The zero-order valence-corrected chi connectivity index (χ0v) is 12.6. The fourth-order valence-electron chi connectivity index (χ4n) is 1.90. The van der Waals surface area contributed by atoms with Gasteiger partial charge in [-0.2, -0.15) is 0 Å². The highest BCUT2D eigenvalue weighted by molar-refractivity contribution is 4.51. The van der Waals surface area contributed by atoms with Crippen LogP contribution in [0.3, 0.4) is 0 Å². The largest absolute Gasteiger partial charge is 0.381 e. The summed E-state index contributed by atoms with van der Waals surface area (Å²) < 4.78 is 5.66. The minimum atomic E-state index is 0.894. The van der Waals surface area contributed by atoms with Crippen LogP contribution in [0.15, 0.2) is 0 Å². The van der Waals surface area contributed by atoms with E-state index < -0.39 is 0 Å². The van der Waals surface area contributed by atoms with Crippen molar-refractivity contribution in [2.24, 2.45) is 11.8 Å². The highest BCUT2D eigenvalue weighted by Gasteiger charge is 1.99. The Morgan fingerprint density at radius 3 is 1.47 bits per heavy atom. The van der Waals surface area contributed by atoms with Crippen LogP contribution in [0.4, 0.5) is 0 Å². The first kappa shape index (κ1) is 17.0. The van der Waals surface area contributed by atoms with Crippen LogP contribution in [0, 0.1) is 11.8 Å². The van der Waals surface area contributed by atoms with Crippen molar-refractivity contribution in [3.63, 3.8) is 0 Å². The predicted molar refractivity (Wildman–Crippen MR) is 77.4 cm³/mol. The molecule has 0 aliphatic rings. The normalized spacial score (nSPS) is 14.8. The predicted octanol–water partition coefficient (Wildman–Crippen LogP) is 5.44. The Morgan fingerprint density at radius 2 is 1.12 bits per heavy atom. The molecule has 2 unspecified atom stereocenters. The third-order valence-electron chi connectivity index (χ3n) is 3.87. The average Bonchev–Trinajstić information content (AvgIpc) is 2.35. The van der Waals surface area contributed by atoms with Crippen LogP contribution in [0.5, 0.6) is 0 Å². The molecule has 0 rings (SSSR count). The van der Waals surface area contributed by atoms with Crippen molar-refractivity contribution in [2.75, 3.05) is 13.2 Å². The van der Waals surface area contributed by atoms with Crippen LogP contribution in [0.2, 0.25) is 0 Å². The van der Waals surface area contributed by atoms with Crippen molar-refractivity contribution in [3.8, 4) is 0 Å². The lowest BCUT2D eigenvalue weighted by Crippen LogP contribution is -2.00. The molecule has 0 radical (unpaired) electrons. The smallest absolute Gasteiger partial charge is 0.0466 e. The molecule has 104 valence electrons. The van der Waals surface area contributed by atoms with E-state index in [0.29, 0.717) is 0 Å². The Kier molecular flexibility index (Phi) is 12.4. The first-order valence-corrected chi connectivity index (χ1v) is 7.78. The molecule has 0 saturated carbocycles. The van der Waals surface area contributed by atoms with Gasteiger partial charge in [-0.05, 0) is 24.7 Å². The molecule has 1 heteroatoms. The summed E-state index contributed by atoms with van der Waals surface area (Å²) in [5.74, 6) is 1.79. The van der Waals surface area contributed by atoms with Crippen LogP contribution in [0.1, 0.15) is 79.1 Å². The first-order valence-electron chi connectivity index (χ1n) is 7.78. The molecule has 0 fully saturated rings. The van der Waals surface area contributed by atoms with E-state index in [1.54, 1.807) is 0 Å². The maximum atomic E-state index is 5.66. The summed E-state index contributed by atoms with van der Waals surface area (Å²) >= 11 is 0. The van der Waals surface area contributed by atoms with Gasteiger partial charge < -0.3 is 4.74 Å². The summed E-state index contributed by atoms with van der Waals surface area (Å²) in [6, 6.07) is 0. The van der Waals surface area contributed by atoms with Gasteiger partial charge in [0.05, 0.1) is 0 Å². The van der Waals surface area contributed by atoms with Gasteiger partial charge in [0.15, 0.2) is 0 Å². The third-order valence-corrected chi connectivity index (χ3v) is 3.87. The van der Waals surface area contributed by atoms with Gasteiger partial charge in [0.1, 0.15) is 0 Å². The van der Waals surface area contributed by atoms with Gasteiger partial charge in [0, 0.05) is 13.2 Å². The number of ether oxygens (including phenoxy) is 1. The van der Waals surface area contributed by atoms with Crippen molar-refractivity contribution in [1.29, 1.82) is 0 Å². The third kappa shape index (κ3) is 12.2. The van der Waals surface area contributed by atoms with Crippen LogP contribution < -0.4 is 0 Å². The van der Waals surface area contributed by atoms with Crippen LogP contribution in [0.25, 0.3) is 0 Å². The molecule has 0 amide bonds. The van der Waals surface area contributed by atoms with E-state index in [1.807, 2.05) is 0 Å². The van der Waals surface area contributed by atoms with E-state index in [2.05, 4.69) is 27.7 Å². The SMILES string of the molecule is CCC(C)CCCCOCCCCC(C)CC. The van der Waals surface area contributed by atoms with Crippen molar-refractivity contribution < 1.29 is 4.74 Å². The lowest BCUT2D eigenvalue weighted by atomic mass is 10.0. The second-order valence-electron chi connectivity index (χ2n) is 5.63. The zero-order valence-electron chi connectivity index (χ0n) is 12.6. The van der Waals surface area contributed by atoms with E-state index >= 15 is 0 Å². The van der Waals surface area contributed by atoms with E-state index in [1.165, 1.54) is 51.4 Å². The van der Waals surface area contributed by atoms with Gasteiger partial charge >= 0.3 is 0 Å². The first-order chi connectivity index (χ1) is 8.20. The Morgan fingerprint density at radius 1 is 0.706 bits per heavy atom. The molecule has 1 nitrogen and oxygen atoms in total. The molecule has 0 aliphatic heterocycles. The summed E-state index contributed by atoms with van der Waals surface area (Å²) in [7, 11) is 0. The lowest BCUT2D eigenvalue weighted by Gasteiger charge is -2.09. The van der Waals surface area contributed by atoms with Crippen molar-refractivity contribution >= 4 is 0 Å². The van der Waals surface area contributed by atoms with Gasteiger partial charge in [0.25, 0.3) is 0 Å².